The minimum Gasteiger partial charge on any atom is -0.486 e. The van der Waals surface area contributed by atoms with Crippen LogP contribution in [0.15, 0.2) is 27.4 Å². The third-order valence-corrected chi connectivity index (χ3v) is 12.7. The molecule has 3 aromatic rings. The third-order valence-electron chi connectivity index (χ3n) is 11.0. The van der Waals surface area contributed by atoms with Gasteiger partial charge in [-0.25, -0.2) is 13.9 Å². The summed E-state index contributed by atoms with van der Waals surface area (Å²) in [6.07, 6.45) is 2.92. The SMILES string of the molecule is COC[C@H]1CN(c2cc(C)c3c4c(c(=O)oc3c2C)CN(C(=O)c2ccc(C(=O)NS(=O)(=O)N(C)C(C)C)c(OC3CCCC3)c2F)CC4)CCN1C. The number of aryl methyl sites for hydroxylation is 2. The van der Waals surface area contributed by atoms with E-state index in [1.165, 1.54) is 18.0 Å². The first-order valence-corrected chi connectivity index (χ1v) is 19.7. The molecule has 288 valence electrons. The number of carbonyl (C=O) groups excluding carboxylic acids is 2. The zero-order valence-corrected chi connectivity index (χ0v) is 32.4. The number of hydrogen-bond acceptors (Lipinski definition) is 10. The molecule has 15 heteroatoms. The summed E-state index contributed by atoms with van der Waals surface area (Å²) >= 11 is 0. The molecule has 2 aromatic carbocycles. The molecule has 53 heavy (non-hydrogen) atoms. The molecule has 1 aliphatic carbocycles. The van der Waals surface area contributed by atoms with Gasteiger partial charge in [0, 0.05) is 63.0 Å². The minimum atomic E-state index is -4.24. The lowest BCUT2D eigenvalue weighted by molar-refractivity contribution is 0.0725. The lowest BCUT2D eigenvalue weighted by atomic mass is 9.92. The van der Waals surface area contributed by atoms with E-state index in [0.717, 1.165) is 70.6 Å². The molecular weight excluding hydrogens is 706 g/mol. The molecule has 2 aliphatic heterocycles. The number of benzene rings is 2. The van der Waals surface area contributed by atoms with Crippen LogP contribution in [0.5, 0.6) is 5.75 Å². The van der Waals surface area contributed by atoms with E-state index in [1.807, 2.05) is 18.6 Å². The number of amides is 2. The fourth-order valence-corrected chi connectivity index (χ4v) is 8.71. The van der Waals surface area contributed by atoms with Crippen LogP contribution in [0, 0.1) is 19.7 Å². The number of ether oxygens (including phenoxy) is 2. The second-order valence-electron chi connectivity index (χ2n) is 14.8. The molecule has 2 amide bonds. The molecule has 0 spiro atoms. The highest BCUT2D eigenvalue weighted by Gasteiger charge is 2.34. The number of anilines is 1. The Balaban J connectivity index is 1.30. The lowest BCUT2D eigenvalue weighted by Gasteiger charge is -2.41. The Morgan fingerprint density at radius 1 is 1.09 bits per heavy atom. The Hall–Kier alpha value is -4.05. The molecule has 3 aliphatic rings. The van der Waals surface area contributed by atoms with E-state index >= 15 is 4.39 Å². The standard InChI is InChI=1S/C38H50FN5O8S/c1-22(2)42(6)53(48,49)40-36(45)29-13-12-28(33(39)35(29)51-26-10-8-9-11-26)37(46)44-15-14-27-30(20-44)38(47)52-34-24(4)31(18-23(3)32(27)34)43-17-16-41(5)25(19-43)21-50-7/h12-13,18,22,25-26H,8-11,14-17,19-21H2,1-7H3,(H,40,45)/t25-/m1/s1. The number of likely N-dealkylation sites (N-methyl/N-ethyl adjacent to an activating group) is 1. The summed E-state index contributed by atoms with van der Waals surface area (Å²) in [4.78, 5) is 46.9. The molecule has 13 nitrogen and oxygen atoms in total. The normalized spacial score (nSPS) is 18.6. The van der Waals surface area contributed by atoms with Crippen molar-refractivity contribution >= 4 is 38.7 Å². The molecule has 1 N–H and O–H groups in total. The molecule has 1 saturated heterocycles. The van der Waals surface area contributed by atoms with Crippen LogP contribution in [0.2, 0.25) is 0 Å². The average Bonchev–Trinajstić information content (AvgIpc) is 3.64. The van der Waals surface area contributed by atoms with Gasteiger partial charge >= 0.3 is 15.8 Å². The van der Waals surface area contributed by atoms with Crippen LogP contribution in [0.1, 0.15) is 82.5 Å². The first kappa shape index (κ1) is 38.7. The van der Waals surface area contributed by atoms with Crippen molar-refractivity contribution in [2.45, 2.75) is 84.5 Å². The van der Waals surface area contributed by atoms with Gasteiger partial charge in [-0.2, -0.15) is 12.7 Å². The predicted octanol–water partition coefficient (Wildman–Crippen LogP) is 4.15. The summed E-state index contributed by atoms with van der Waals surface area (Å²) in [6, 6.07) is 4.29. The Labute approximate surface area is 310 Å². The molecule has 0 radical (unpaired) electrons. The van der Waals surface area contributed by atoms with Gasteiger partial charge in [0.15, 0.2) is 11.6 Å². The first-order chi connectivity index (χ1) is 25.1. The van der Waals surface area contributed by atoms with Gasteiger partial charge in [-0.15, -0.1) is 0 Å². The summed E-state index contributed by atoms with van der Waals surface area (Å²) in [5.41, 5.74) is 3.28. The number of rotatable bonds is 10. The Bertz CT molecular complexity index is 2080. The molecular formula is C38H50FN5O8S. The van der Waals surface area contributed by atoms with Crippen LogP contribution in [0.3, 0.4) is 0 Å². The van der Waals surface area contributed by atoms with E-state index in [-0.39, 0.29) is 30.3 Å². The Morgan fingerprint density at radius 2 is 1.79 bits per heavy atom. The van der Waals surface area contributed by atoms with Gasteiger partial charge in [-0.3, -0.25) is 14.5 Å². The highest BCUT2D eigenvalue weighted by molar-refractivity contribution is 7.87. The predicted molar refractivity (Wildman–Crippen MR) is 199 cm³/mol. The molecule has 2 fully saturated rings. The second-order valence-corrected chi connectivity index (χ2v) is 16.5. The van der Waals surface area contributed by atoms with E-state index < -0.39 is 51.4 Å². The smallest absolute Gasteiger partial charge is 0.341 e. The highest BCUT2D eigenvalue weighted by Crippen LogP contribution is 2.37. The van der Waals surface area contributed by atoms with Crippen molar-refractivity contribution in [1.29, 1.82) is 0 Å². The number of piperazine rings is 1. The molecule has 1 aromatic heterocycles. The van der Waals surface area contributed by atoms with Crippen LogP contribution in [0.4, 0.5) is 10.1 Å². The largest absolute Gasteiger partial charge is 0.486 e. The number of carbonyl (C=O) groups is 2. The Kier molecular flexibility index (Phi) is 11.2. The van der Waals surface area contributed by atoms with E-state index in [2.05, 4.69) is 22.9 Å². The van der Waals surface area contributed by atoms with Crippen molar-refractivity contribution in [2.24, 2.45) is 0 Å². The van der Waals surface area contributed by atoms with Crippen LogP contribution < -0.4 is 20.0 Å². The quantitative estimate of drug-likeness (QED) is 0.300. The van der Waals surface area contributed by atoms with Gasteiger partial charge in [-0.1, -0.05) is 0 Å². The van der Waals surface area contributed by atoms with Crippen molar-refractivity contribution in [3.63, 3.8) is 0 Å². The highest BCUT2D eigenvalue weighted by atomic mass is 32.2. The molecule has 3 heterocycles. The average molecular weight is 756 g/mol. The number of fused-ring (bicyclic) bond motifs is 3. The summed E-state index contributed by atoms with van der Waals surface area (Å²) < 4.78 is 62.5. The number of nitrogens with zero attached hydrogens (tertiary/aromatic N) is 4. The van der Waals surface area contributed by atoms with Crippen LogP contribution in [0.25, 0.3) is 11.0 Å². The number of methoxy groups -OCH3 is 1. The van der Waals surface area contributed by atoms with E-state index in [1.54, 1.807) is 21.0 Å². The summed E-state index contributed by atoms with van der Waals surface area (Å²) in [5.74, 6) is -3.29. The second kappa shape index (κ2) is 15.4. The number of halogens is 1. The van der Waals surface area contributed by atoms with Crippen molar-refractivity contribution < 1.29 is 36.3 Å². The van der Waals surface area contributed by atoms with Crippen molar-refractivity contribution in [2.75, 3.05) is 58.9 Å². The fraction of sp³-hybridized carbons (Fsp3) is 0.553. The third kappa shape index (κ3) is 7.53. The summed E-state index contributed by atoms with van der Waals surface area (Å²) in [7, 11) is 0.873. The molecule has 0 unspecified atom stereocenters. The molecule has 0 bridgehead atoms. The lowest BCUT2D eigenvalue weighted by Crippen LogP contribution is -2.53. The first-order valence-electron chi connectivity index (χ1n) is 18.2. The molecule has 1 atom stereocenters. The monoisotopic (exact) mass is 755 g/mol. The maximum atomic E-state index is 16.4. The van der Waals surface area contributed by atoms with Crippen LogP contribution in [-0.4, -0.2) is 107 Å². The topological polar surface area (TPSA) is 142 Å². The zero-order chi connectivity index (χ0) is 38.4. The van der Waals surface area contributed by atoms with Crippen molar-refractivity contribution in [3.8, 4) is 5.75 Å². The zero-order valence-electron chi connectivity index (χ0n) is 31.6. The Morgan fingerprint density at radius 3 is 2.47 bits per heavy atom. The van der Waals surface area contributed by atoms with E-state index in [0.29, 0.717) is 37.0 Å². The summed E-state index contributed by atoms with van der Waals surface area (Å²) in [5, 5.41) is 0.849. The minimum absolute atomic E-state index is 0.0931. The van der Waals surface area contributed by atoms with Gasteiger partial charge < -0.3 is 23.7 Å². The van der Waals surface area contributed by atoms with Gasteiger partial charge in [0.25, 0.3) is 11.8 Å². The fourth-order valence-electron chi connectivity index (χ4n) is 7.67. The van der Waals surface area contributed by atoms with Gasteiger partial charge in [0.05, 0.1) is 42.0 Å². The van der Waals surface area contributed by atoms with E-state index in [4.69, 9.17) is 13.9 Å². The molecule has 1 saturated carbocycles. The maximum Gasteiger partial charge on any atom is 0.341 e. The summed E-state index contributed by atoms with van der Waals surface area (Å²) in [6.45, 7) is 10.4. The van der Waals surface area contributed by atoms with E-state index in [9.17, 15) is 22.8 Å². The maximum absolute atomic E-state index is 16.4. The van der Waals surface area contributed by atoms with Crippen molar-refractivity contribution in [1.82, 2.24) is 18.8 Å². The number of hydrogen-bond donors (Lipinski definition) is 1. The van der Waals surface area contributed by atoms with Gasteiger partial charge in [-0.05, 0) is 96.2 Å². The van der Waals surface area contributed by atoms with Crippen molar-refractivity contribution in [3.05, 3.63) is 67.8 Å². The van der Waals surface area contributed by atoms with Gasteiger partial charge in [0.1, 0.15) is 5.58 Å². The van der Waals surface area contributed by atoms with Crippen LogP contribution >= 0.6 is 0 Å². The number of nitrogens with one attached hydrogen (secondary N) is 1. The van der Waals surface area contributed by atoms with Crippen LogP contribution in [-0.2, 0) is 27.9 Å². The van der Waals surface area contributed by atoms with Gasteiger partial charge in [0.2, 0.25) is 0 Å². The molecule has 6 rings (SSSR count).